The number of hydrogen-bond acceptors (Lipinski definition) is 1. The second-order valence-corrected chi connectivity index (χ2v) is 13.0. The van der Waals surface area contributed by atoms with Crippen LogP contribution in [0.25, 0.3) is 33.4 Å². The summed E-state index contributed by atoms with van der Waals surface area (Å²) in [6.07, 6.45) is 5.42. The van der Waals surface area contributed by atoms with Crippen LogP contribution in [0.3, 0.4) is 0 Å². The zero-order valence-corrected chi connectivity index (χ0v) is 23.6. The van der Waals surface area contributed by atoms with Gasteiger partial charge in [-0.2, -0.15) is 5.26 Å². The number of nitriles is 1. The molecule has 4 aromatic rings. The Balaban J connectivity index is 1.35. The summed E-state index contributed by atoms with van der Waals surface area (Å²) >= 11 is 3.83. The summed E-state index contributed by atoms with van der Waals surface area (Å²) in [5.41, 5.74) is 11.5. The van der Waals surface area contributed by atoms with Gasteiger partial charge in [-0.3, -0.25) is 0 Å². The number of hydrogen-bond donors (Lipinski definition) is 0. The van der Waals surface area contributed by atoms with E-state index in [-0.39, 0.29) is 5.41 Å². The highest BCUT2D eigenvalue weighted by atomic mass is 79.9. The smallest absolute Gasteiger partial charge is 0.0991 e. The molecular formula is C36H32BrN. The fourth-order valence-electron chi connectivity index (χ4n) is 8.53. The van der Waals surface area contributed by atoms with Crippen molar-refractivity contribution in [1.29, 1.82) is 5.26 Å². The minimum atomic E-state index is 0.0906. The quantitative estimate of drug-likeness (QED) is 0.240. The minimum Gasteiger partial charge on any atom is -0.192 e. The third kappa shape index (κ3) is 3.55. The van der Waals surface area contributed by atoms with Crippen LogP contribution in [0.4, 0.5) is 0 Å². The van der Waals surface area contributed by atoms with E-state index in [1.165, 1.54) is 52.4 Å². The molecule has 188 valence electrons. The lowest BCUT2D eigenvalue weighted by Gasteiger charge is -2.54. The lowest BCUT2D eigenvalue weighted by atomic mass is 9.49. The molecule has 0 amide bonds. The predicted molar refractivity (Wildman–Crippen MR) is 160 cm³/mol. The monoisotopic (exact) mass is 557 g/mol. The van der Waals surface area contributed by atoms with Gasteiger partial charge >= 0.3 is 0 Å². The van der Waals surface area contributed by atoms with Gasteiger partial charge in [0, 0.05) is 9.89 Å². The predicted octanol–water partition coefficient (Wildman–Crippen LogP) is 10.0. The molecule has 1 nitrogen and oxygen atoms in total. The number of rotatable bonds is 2. The van der Waals surface area contributed by atoms with Gasteiger partial charge in [0.1, 0.15) is 0 Å². The van der Waals surface area contributed by atoms with Crippen molar-refractivity contribution in [2.75, 3.05) is 0 Å². The Hall–Kier alpha value is -3.15. The molecule has 5 unspecified atom stereocenters. The molecule has 2 bridgehead atoms. The van der Waals surface area contributed by atoms with Crippen molar-refractivity contribution in [3.63, 3.8) is 0 Å². The summed E-state index contributed by atoms with van der Waals surface area (Å²) in [7, 11) is 0. The molecule has 0 N–H and O–H groups in total. The zero-order valence-electron chi connectivity index (χ0n) is 22.0. The molecule has 0 saturated heterocycles. The third-order valence-electron chi connectivity index (χ3n) is 9.87. The topological polar surface area (TPSA) is 23.8 Å². The van der Waals surface area contributed by atoms with Crippen molar-refractivity contribution in [2.45, 2.75) is 44.9 Å². The van der Waals surface area contributed by atoms with E-state index in [0.717, 1.165) is 23.0 Å². The Kier molecular flexibility index (Phi) is 5.64. The van der Waals surface area contributed by atoms with Gasteiger partial charge in [0.25, 0.3) is 0 Å². The fraction of sp³-hybridized carbons (Fsp3) is 0.306. The lowest BCUT2D eigenvalue weighted by Crippen LogP contribution is -2.49. The maximum Gasteiger partial charge on any atom is 0.0991 e. The van der Waals surface area contributed by atoms with Crippen LogP contribution in [-0.2, 0) is 5.41 Å². The van der Waals surface area contributed by atoms with Crippen molar-refractivity contribution >= 4 is 15.9 Å². The second kappa shape index (κ2) is 8.96. The molecule has 5 atom stereocenters. The van der Waals surface area contributed by atoms with E-state index in [1.54, 1.807) is 11.1 Å². The van der Waals surface area contributed by atoms with E-state index in [9.17, 15) is 5.26 Å². The Morgan fingerprint density at radius 1 is 0.711 bits per heavy atom. The lowest BCUT2D eigenvalue weighted by molar-refractivity contribution is 0.0426. The zero-order chi connectivity index (χ0) is 26.0. The SMILES string of the molecule is CC1CC2CC(C)C3(c4cc(Br)ccc4-c4ccc(-c5ccc(-c6cccc(C#N)c6)cc5)cc43)C(C1)C2. The number of nitrogens with zero attached hydrogens (tertiary/aromatic N) is 1. The van der Waals surface area contributed by atoms with Crippen LogP contribution in [0.2, 0.25) is 0 Å². The first-order valence-corrected chi connectivity index (χ1v) is 14.8. The molecule has 3 aliphatic carbocycles. The van der Waals surface area contributed by atoms with Gasteiger partial charge in [0.2, 0.25) is 0 Å². The first kappa shape index (κ1) is 23.9. The summed E-state index contributed by atoms with van der Waals surface area (Å²) < 4.78 is 1.19. The molecule has 0 aliphatic heterocycles. The standard InChI is InChI=1S/C36H32BrN/c1-22-14-25-16-23(2)36(30(15-22)18-25)34-19-29(10-12-32(34)33-13-11-31(37)20-35(33)36)27-8-6-26(7-9-27)28-5-3-4-24(17-28)21-38/h3-13,17,19-20,22-23,25,30H,14-16,18H2,1-2H3. The van der Waals surface area contributed by atoms with E-state index in [0.29, 0.717) is 17.4 Å². The van der Waals surface area contributed by atoms with E-state index < -0.39 is 0 Å². The summed E-state index contributed by atoms with van der Waals surface area (Å²) in [6, 6.07) is 33.2. The van der Waals surface area contributed by atoms with Crippen LogP contribution < -0.4 is 0 Å². The van der Waals surface area contributed by atoms with Gasteiger partial charge in [0.15, 0.2) is 0 Å². The van der Waals surface area contributed by atoms with E-state index >= 15 is 0 Å². The van der Waals surface area contributed by atoms with E-state index in [4.69, 9.17) is 0 Å². The average Bonchev–Trinajstić information content (AvgIpc) is 3.21. The van der Waals surface area contributed by atoms with Gasteiger partial charge < -0.3 is 0 Å². The molecule has 2 heteroatoms. The highest BCUT2D eigenvalue weighted by Gasteiger charge is 2.56. The van der Waals surface area contributed by atoms with Gasteiger partial charge in [-0.15, -0.1) is 0 Å². The van der Waals surface area contributed by atoms with Gasteiger partial charge in [-0.05, 0) is 124 Å². The molecule has 1 spiro atoms. The van der Waals surface area contributed by atoms with Crippen LogP contribution in [0.15, 0.2) is 89.4 Å². The maximum absolute atomic E-state index is 9.30. The molecule has 3 aliphatic rings. The molecule has 2 saturated carbocycles. The van der Waals surface area contributed by atoms with Crippen LogP contribution in [0, 0.1) is 35.0 Å². The average molecular weight is 559 g/mol. The molecule has 0 aromatic heterocycles. The highest BCUT2D eigenvalue weighted by molar-refractivity contribution is 9.10. The minimum absolute atomic E-state index is 0.0906. The van der Waals surface area contributed by atoms with Crippen molar-refractivity contribution in [2.24, 2.45) is 23.7 Å². The molecule has 7 rings (SSSR count). The summed E-state index contributed by atoms with van der Waals surface area (Å²) in [5.74, 6) is 3.00. The van der Waals surface area contributed by atoms with Crippen molar-refractivity contribution in [1.82, 2.24) is 0 Å². The summed E-state index contributed by atoms with van der Waals surface area (Å²) in [4.78, 5) is 0. The fourth-order valence-corrected chi connectivity index (χ4v) is 8.89. The summed E-state index contributed by atoms with van der Waals surface area (Å²) in [6.45, 7) is 5.01. The van der Waals surface area contributed by atoms with Gasteiger partial charge in [-0.1, -0.05) is 84.4 Å². The second-order valence-electron chi connectivity index (χ2n) is 12.1. The van der Waals surface area contributed by atoms with Gasteiger partial charge in [0.05, 0.1) is 11.6 Å². The molecule has 0 radical (unpaired) electrons. The molecule has 38 heavy (non-hydrogen) atoms. The third-order valence-corrected chi connectivity index (χ3v) is 10.4. The normalized spacial score (nSPS) is 27.0. The largest absolute Gasteiger partial charge is 0.192 e. The first-order valence-electron chi connectivity index (χ1n) is 14.0. The Morgan fingerprint density at radius 2 is 1.37 bits per heavy atom. The Morgan fingerprint density at radius 3 is 2.11 bits per heavy atom. The number of halogens is 1. The Labute approximate surface area is 234 Å². The first-order chi connectivity index (χ1) is 18.5. The number of benzene rings is 4. The van der Waals surface area contributed by atoms with E-state index in [1.807, 2.05) is 18.2 Å². The van der Waals surface area contributed by atoms with Crippen molar-refractivity contribution in [3.8, 4) is 39.4 Å². The van der Waals surface area contributed by atoms with Crippen LogP contribution in [0.1, 0.15) is 56.2 Å². The van der Waals surface area contributed by atoms with Crippen molar-refractivity contribution < 1.29 is 0 Å². The maximum atomic E-state index is 9.30. The van der Waals surface area contributed by atoms with Gasteiger partial charge in [-0.25, -0.2) is 0 Å². The molecular weight excluding hydrogens is 526 g/mol. The van der Waals surface area contributed by atoms with Crippen LogP contribution in [-0.4, -0.2) is 0 Å². The van der Waals surface area contributed by atoms with Crippen LogP contribution in [0.5, 0.6) is 0 Å². The van der Waals surface area contributed by atoms with Crippen LogP contribution >= 0.6 is 15.9 Å². The number of fused-ring (bicyclic) bond motifs is 8. The molecule has 0 heterocycles. The summed E-state index contributed by atoms with van der Waals surface area (Å²) in [5, 5.41) is 9.30. The molecule has 4 aromatic carbocycles. The van der Waals surface area contributed by atoms with E-state index in [2.05, 4.69) is 103 Å². The Bertz CT molecular complexity index is 1590. The van der Waals surface area contributed by atoms with Crippen molar-refractivity contribution in [3.05, 3.63) is 106 Å². The molecule has 2 fully saturated rings. The highest BCUT2D eigenvalue weighted by Crippen LogP contribution is 2.65.